The molecule has 2 atom stereocenters. The number of nitrogens with one attached hydrogen (secondary N) is 1. The zero-order valence-electron chi connectivity index (χ0n) is 9.23. The molecule has 1 aliphatic rings. The van der Waals surface area contributed by atoms with E-state index < -0.39 is 0 Å². The van der Waals surface area contributed by atoms with Crippen molar-refractivity contribution < 1.29 is 0 Å². The molecular weight excluding hydrogens is 208 g/mol. The van der Waals surface area contributed by atoms with Crippen molar-refractivity contribution in [3.8, 4) is 0 Å². The third-order valence-corrected chi connectivity index (χ3v) is 4.65. The lowest BCUT2D eigenvalue weighted by Crippen LogP contribution is -2.41. The minimum Gasteiger partial charge on any atom is -0.275 e. The Morgan fingerprint density at radius 2 is 2.53 bits per heavy atom. The van der Waals surface area contributed by atoms with Gasteiger partial charge in [-0.1, -0.05) is 0 Å². The average Bonchev–Trinajstić information content (AvgIpc) is 2.78. The number of rotatable bonds is 3. The number of hydrogen-bond donors (Lipinski definition) is 2. The summed E-state index contributed by atoms with van der Waals surface area (Å²) in [6.45, 7) is 2.27. The van der Waals surface area contributed by atoms with Crippen molar-refractivity contribution in [2.24, 2.45) is 12.9 Å². The quantitative estimate of drug-likeness (QED) is 0.601. The minimum absolute atomic E-state index is 0.145. The summed E-state index contributed by atoms with van der Waals surface area (Å²) in [6, 6.07) is 2.18. The van der Waals surface area contributed by atoms with Gasteiger partial charge in [0, 0.05) is 18.0 Å². The van der Waals surface area contributed by atoms with E-state index in [-0.39, 0.29) is 10.8 Å². The van der Waals surface area contributed by atoms with Crippen LogP contribution in [0.15, 0.2) is 12.3 Å². The first-order chi connectivity index (χ1) is 7.15. The zero-order chi connectivity index (χ0) is 10.9. The van der Waals surface area contributed by atoms with E-state index in [1.54, 1.807) is 0 Å². The molecule has 1 saturated heterocycles. The van der Waals surface area contributed by atoms with Gasteiger partial charge in [0.05, 0.1) is 11.7 Å². The molecule has 0 aromatic carbocycles. The lowest BCUT2D eigenvalue weighted by atomic mass is 9.94. The first kappa shape index (κ1) is 11.0. The number of aryl methyl sites for hydroxylation is 1. The minimum atomic E-state index is 0.145. The summed E-state index contributed by atoms with van der Waals surface area (Å²) < 4.78 is 2.01. The van der Waals surface area contributed by atoms with Gasteiger partial charge >= 0.3 is 0 Å². The summed E-state index contributed by atoms with van der Waals surface area (Å²) in [6.07, 6.45) is 4.43. The predicted octanol–water partition coefficient (Wildman–Crippen LogP) is 1.21. The topological polar surface area (TPSA) is 55.9 Å². The van der Waals surface area contributed by atoms with E-state index in [0.29, 0.717) is 0 Å². The molecule has 2 unspecified atom stereocenters. The lowest BCUT2D eigenvalue weighted by Gasteiger charge is -2.31. The SMILES string of the molecule is Cn1ccc(C(NN)C2(C)CCCS2)n1. The standard InChI is InChI=1S/C10H18N4S/c1-10(5-3-7-15-10)9(12-11)8-4-6-14(2)13-8/h4,6,9,12H,3,5,7,11H2,1-2H3. The molecule has 0 saturated carbocycles. The van der Waals surface area contributed by atoms with Crippen molar-refractivity contribution in [2.45, 2.75) is 30.6 Å². The molecule has 2 heterocycles. The van der Waals surface area contributed by atoms with Crippen molar-refractivity contribution in [2.75, 3.05) is 5.75 Å². The summed E-state index contributed by atoms with van der Waals surface area (Å²) in [5, 5.41) is 4.43. The van der Waals surface area contributed by atoms with Gasteiger partial charge in [0.1, 0.15) is 0 Å². The first-order valence-corrected chi connectivity index (χ1v) is 6.24. The van der Waals surface area contributed by atoms with Crippen molar-refractivity contribution in [1.29, 1.82) is 0 Å². The highest BCUT2D eigenvalue weighted by Gasteiger charge is 2.39. The van der Waals surface area contributed by atoms with Crippen molar-refractivity contribution in [3.05, 3.63) is 18.0 Å². The van der Waals surface area contributed by atoms with Gasteiger partial charge in [0.25, 0.3) is 0 Å². The van der Waals surface area contributed by atoms with Gasteiger partial charge < -0.3 is 0 Å². The third-order valence-electron chi connectivity index (χ3n) is 3.06. The van der Waals surface area contributed by atoms with Gasteiger partial charge in [-0.25, -0.2) is 5.43 Å². The van der Waals surface area contributed by atoms with Crippen molar-refractivity contribution in [1.82, 2.24) is 15.2 Å². The number of aromatic nitrogens is 2. The van der Waals surface area contributed by atoms with Crippen LogP contribution in [0.5, 0.6) is 0 Å². The van der Waals surface area contributed by atoms with Gasteiger partial charge in [0.2, 0.25) is 0 Å². The zero-order valence-corrected chi connectivity index (χ0v) is 10.0. The molecule has 1 aliphatic heterocycles. The largest absolute Gasteiger partial charge is 0.275 e. The molecule has 15 heavy (non-hydrogen) atoms. The summed E-state index contributed by atoms with van der Waals surface area (Å²) in [4.78, 5) is 0. The third kappa shape index (κ3) is 2.04. The molecule has 0 aliphatic carbocycles. The Morgan fingerprint density at radius 1 is 1.73 bits per heavy atom. The molecule has 3 N–H and O–H groups in total. The van der Waals surface area contributed by atoms with Crippen LogP contribution in [0.2, 0.25) is 0 Å². The highest BCUT2D eigenvalue weighted by molar-refractivity contribution is 8.00. The molecule has 5 heteroatoms. The summed E-state index contributed by atoms with van der Waals surface area (Å²) in [5.74, 6) is 6.89. The Morgan fingerprint density at radius 3 is 3.00 bits per heavy atom. The Balaban J connectivity index is 2.23. The van der Waals surface area contributed by atoms with Crippen molar-refractivity contribution in [3.63, 3.8) is 0 Å². The predicted molar refractivity (Wildman–Crippen MR) is 63.4 cm³/mol. The maximum absolute atomic E-state index is 5.67. The van der Waals surface area contributed by atoms with E-state index >= 15 is 0 Å². The highest BCUT2D eigenvalue weighted by Crippen LogP contribution is 2.45. The summed E-state index contributed by atoms with van der Waals surface area (Å²) >= 11 is 1.99. The fourth-order valence-corrected chi connectivity index (χ4v) is 3.59. The molecule has 0 spiro atoms. The van der Waals surface area contributed by atoms with E-state index in [0.717, 1.165) is 5.69 Å². The fraction of sp³-hybridized carbons (Fsp3) is 0.700. The molecule has 1 aromatic heterocycles. The summed E-state index contributed by atoms with van der Waals surface area (Å²) in [7, 11) is 1.93. The van der Waals surface area contributed by atoms with Crippen LogP contribution >= 0.6 is 11.8 Å². The molecule has 1 fully saturated rings. The van der Waals surface area contributed by atoms with Crippen LogP contribution in [0.1, 0.15) is 31.5 Å². The molecule has 0 radical (unpaired) electrons. The fourth-order valence-electron chi connectivity index (χ4n) is 2.19. The van der Waals surface area contributed by atoms with Crippen LogP contribution in [0.25, 0.3) is 0 Å². The Bertz CT molecular complexity index is 330. The number of hydrazine groups is 1. The molecule has 0 bridgehead atoms. The van der Waals surface area contributed by atoms with E-state index in [4.69, 9.17) is 5.84 Å². The number of nitrogens with two attached hydrogens (primary N) is 1. The monoisotopic (exact) mass is 226 g/mol. The van der Waals surface area contributed by atoms with Gasteiger partial charge in [-0.2, -0.15) is 16.9 Å². The van der Waals surface area contributed by atoms with Crippen LogP contribution < -0.4 is 11.3 Å². The van der Waals surface area contributed by atoms with E-state index in [1.807, 2.05) is 35.8 Å². The molecule has 2 rings (SSSR count). The number of thioether (sulfide) groups is 1. The van der Waals surface area contributed by atoms with Crippen molar-refractivity contribution >= 4 is 11.8 Å². The Kier molecular flexibility index (Phi) is 3.04. The average molecular weight is 226 g/mol. The van der Waals surface area contributed by atoms with E-state index in [2.05, 4.69) is 17.4 Å². The second kappa shape index (κ2) is 4.15. The van der Waals surface area contributed by atoms with Crippen LogP contribution in [0.3, 0.4) is 0 Å². The van der Waals surface area contributed by atoms with E-state index in [9.17, 15) is 0 Å². The Labute approximate surface area is 94.6 Å². The number of hydrogen-bond acceptors (Lipinski definition) is 4. The van der Waals surface area contributed by atoms with E-state index in [1.165, 1.54) is 18.6 Å². The highest BCUT2D eigenvalue weighted by atomic mass is 32.2. The maximum atomic E-state index is 5.67. The number of nitrogens with zero attached hydrogens (tertiary/aromatic N) is 2. The van der Waals surface area contributed by atoms with Gasteiger partial charge in [-0.05, 0) is 31.6 Å². The van der Waals surface area contributed by atoms with Gasteiger partial charge in [-0.15, -0.1) is 0 Å². The molecular formula is C10H18N4S. The Hall–Kier alpha value is -0.520. The van der Waals surface area contributed by atoms with Gasteiger partial charge in [0.15, 0.2) is 0 Å². The normalized spacial score (nSPS) is 28.2. The molecule has 1 aromatic rings. The molecule has 4 nitrogen and oxygen atoms in total. The lowest BCUT2D eigenvalue weighted by molar-refractivity contribution is 0.409. The van der Waals surface area contributed by atoms with Crippen LogP contribution in [0.4, 0.5) is 0 Å². The molecule has 84 valence electrons. The van der Waals surface area contributed by atoms with Gasteiger partial charge in [-0.3, -0.25) is 10.5 Å². The second-order valence-electron chi connectivity index (χ2n) is 4.28. The summed E-state index contributed by atoms with van der Waals surface area (Å²) in [5.41, 5.74) is 3.96. The second-order valence-corrected chi connectivity index (χ2v) is 5.91. The first-order valence-electron chi connectivity index (χ1n) is 5.25. The van der Waals surface area contributed by atoms with Crippen LogP contribution in [-0.2, 0) is 7.05 Å². The molecule has 0 amide bonds. The van der Waals surface area contributed by atoms with Crippen LogP contribution in [0, 0.1) is 0 Å². The smallest absolute Gasteiger partial charge is 0.0821 e. The maximum Gasteiger partial charge on any atom is 0.0821 e. The van der Waals surface area contributed by atoms with Crippen LogP contribution in [-0.4, -0.2) is 20.3 Å².